The summed E-state index contributed by atoms with van der Waals surface area (Å²) in [5.41, 5.74) is -0.0995. The highest BCUT2D eigenvalue weighted by molar-refractivity contribution is 5.12. The quantitative estimate of drug-likeness (QED) is 0.541. The molecule has 1 aromatic rings. The molecule has 0 fully saturated rings. The van der Waals surface area contributed by atoms with Crippen molar-refractivity contribution in [3.63, 3.8) is 0 Å². The van der Waals surface area contributed by atoms with Crippen molar-refractivity contribution >= 4 is 0 Å². The SMILES string of the molecule is FC(F)c1[c]cc[c]c1. The Hall–Kier alpha value is -0.920. The Kier molecular flexibility index (Phi) is 1.78. The summed E-state index contributed by atoms with van der Waals surface area (Å²) in [4.78, 5) is 0. The van der Waals surface area contributed by atoms with Crippen LogP contribution in [-0.4, -0.2) is 0 Å². The lowest BCUT2D eigenvalue weighted by atomic mass is 10.2. The average molecular weight is 126 g/mol. The fraction of sp³-hybridized carbons (Fsp3) is 0.143. The summed E-state index contributed by atoms with van der Waals surface area (Å²) in [6.07, 6.45) is -2.43. The molecule has 0 heterocycles. The van der Waals surface area contributed by atoms with E-state index in [1.54, 1.807) is 0 Å². The Morgan fingerprint density at radius 1 is 1.33 bits per heavy atom. The van der Waals surface area contributed by atoms with Crippen molar-refractivity contribution in [3.8, 4) is 0 Å². The fourth-order valence-corrected chi connectivity index (χ4v) is 0.492. The van der Waals surface area contributed by atoms with Crippen LogP contribution in [0.25, 0.3) is 0 Å². The van der Waals surface area contributed by atoms with Crippen molar-refractivity contribution in [2.75, 3.05) is 0 Å². The molecule has 0 bridgehead atoms. The Balaban J connectivity index is 2.85. The predicted molar refractivity (Wildman–Crippen MR) is 29.1 cm³/mol. The molecule has 0 nitrogen and oxygen atoms in total. The number of halogens is 2. The molecule has 2 heteroatoms. The van der Waals surface area contributed by atoms with Gasteiger partial charge in [0, 0.05) is 5.56 Å². The van der Waals surface area contributed by atoms with Crippen molar-refractivity contribution < 1.29 is 8.78 Å². The van der Waals surface area contributed by atoms with Crippen molar-refractivity contribution in [1.29, 1.82) is 0 Å². The molecule has 0 aliphatic carbocycles. The second kappa shape index (κ2) is 2.58. The van der Waals surface area contributed by atoms with Gasteiger partial charge in [0.1, 0.15) is 0 Å². The predicted octanol–water partition coefficient (Wildman–Crippen LogP) is 2.22. The number of alkyl halides is 2. The van der Waals surface area contributed by atoms with Crippen molar-refractivity contribution in [2.24, 2.45) is 0 Å². The first kappa shape index (κ1) is 6.20. The molecule has 0 unspecified atom stereocenters. The normalized spacial score (nSPS) is 10.1. The molecule has 2 radical (unpaired) electrons. The molecular formula is C7H4F2. The Labute approximate surface area is 52.1 Å². The smallest absolute Gasteiger partial charge is 0.205 e. The summed E-state index contributed by atoms with van der Waals surface area (Å²) in [5, 5.41) is 0. The van der Waals surface area contributed by atoms with E-state index in [-0.39, 0.29) is 5.56 Å². The minimum absolute atomic E-state index is 0.0995. The fourth-order valence-electron chi connectivity index (χ4n) is 0.492. The van der Waals surface area contributed by atoms with Gasteiger partial charge in [-0.25, -0.2) is 8.78 Å². The van der Waals surface area contributed by atoms with E-state index in [2.05, 4.69) is 12.1 Å². The van der Waals surface area contributed by atoms with E-state index >= 15 is 0 Å². The highest BCUT2D eigenvalue weighted by atomic mass is 19.3. The Morgan fingerprint density at radius 3 is 2.44 bits per heavy atom. The van der Waals surface area contributed by atoms with Gasteiger partial charge < -0.3 is 0 Å². The van der Waals surface area contributed by atoms with Crippen LogP contribution in [0.5, 0.6) is 0 Å². The first-order chi connectivity index (χ1) is 4.30. The van der Waals surface area contributed by atoms with Crippen LogP contribution in [0.3, 0.4) is 0 Å². The van der Waals surface area contributed by atoms with Crippen LogP contribution in [0.15, 0.2) is 18.2 Å². The van der Waals surface area contributed by atoms with Gasteiger partial charge in [-0.1, -0.05) is 12.1 Å². The van der Waals surface area contributed by atoms with Gasteiger partial charge in [0.05, 0.1) is 0 Å². The van der Waals surface area contributed by atoms with Gasteiger partial charge in [0.25, 0.3) is 6.43 Å². The van der Waals surface area contributed by atoms with Crippen LogP contribution < -0.4 is 0 Å². The van der Waals surface area contributed by atoms with Gasteiger partial charge in [-0.05, 0) is 18.2 Å². The van der Waals surface area contributed by atoms with Gasteiger partial charge in [-0.15, -0.1) is 0 Å². The van der Waals surface area contributed by atoms with Crippen LogP contribution in [0.2, 0.25) is 0 Å². The summed E-state index contributed by atoms with van der Waals surface area (Å²) >= 11 is 0. The second-order valence-corrected chi connectivity index (χ2v) is 1.54. The molecule has 0 N–H and O–H groups in total. The van der Waals surface area contributed by atoms with Crippen LogP contribution in [0.4, 0.5) is 8.78 Å². The van der Waals surface area contributed by atoms with Crippen LogP contribution in [-0.2, 0) is 0 Å². The summed E-state index contributed by atoms with van der Waals surface area (Å²) in [6, 6.07) is 9.10. The Bertz CT molecular complexity index is 170. The molecule has 0 spiro atoms. The van der Waals surface area contributed by atoms with Crippen molar-refractivity contribution in [3.05, 3.63) is 35.9 Å². The van der Waals surface area contributed by atoms with Crippen molar-refractivity contribution in [1.82, 2.24) is 0 Å². The zero-order valence-corrected chi connectivity index (χ0v) is 4.57. The molecule has 9 heavy (non-hydrogen) atoms. The number of benzene rings is 1. The third-order valence-corrected chi connectivity index (χ3v) is 0.903. The van der Waals surface area contributed by atoms with Gasteiger partial charge in [0.2, 0.25) is 0 Å². The van der Waals surface area contributed by atoms with Gasteiger partial charge in [0.15, 0.2) is 0 Å². The van der Waals surface area contributed by atoms with Crippen molar-refractivity contribution in [2.45, 2.75) is 6.43 Å². The number of hydrogen-bond donors (Lipinski definition) is 0. The average Bonchev–Trinajstić information content (AvgIpc) is 1.90. The first-order valence-corrected chi connectivity index (χ1v) is 2.46. The van der Waals surface area contributed by atoms with Crippen LogP contribution >= 0.6 is 0 Å². The largest absolute Gasteiger partial charge is 0.264 e. The number of hydrogen-bond acceptors (Lipinski definition) is 0. The minimum Gasteiger partial charge on any atom is -0.205 e. The maximum Gasteiger partial charge on any atom is 0.264 e. The summed E-state index contributed by atoms with van der Waals surface area (Å²) < 4.78 is 23.4. The van der Waals surface area contributed by atoms with Crippen LogP contribution in [0.1, 0.15) is 12.0 Å². The van der Waals surface area contributed by atoms with E-state index in [4.69, 9.17) is 0 Å². The molecule has 1 rings (SSSR count). The lowest BCUT2D eigenvalue weighted by molar-refractivity contribution is 0.151. The minimum atomic E-state index is -2.43. The lowest BCUT2D eigenvalue weighted by Crippen LogP contribution is -1.80. The van der Waals surface area contributed by atoms with Crippen LogP contribution in [0, 0.1) is 12.1 Å². The first-order valence-electron chi connectivity index (χ1n) is 2.46. The van der Waals surface area contributed by atoms with E-state index in [9.17, 15) is 8.78 Å². The molecule has 0 amide bonds. The van der Waals surface area contributed by atoms with Gasteiger partial charge in [-0.2, -0.15) is 0 Å². The molecule has 46 valence electrons. The standard InChI is InChI=1S/C7H4F2/c8-7(9)6-4-2-1-3-5-6/h1-2,5,7H. The molecular weight excluding hydrogens is 122 g/mol. The molecule has 0 atom stereocenters. The van der Waals surface area contributed by atoms with E-state index in [1.165, 1.54) is 18.2 Å². The second-order valence-electron chi connectivity index (χ2n) is 1.54. The third-order valence-electron chi connectivity index (χ3n) is 0.903. The molecule has 1 aromatic carbocycles. The zero-order valence-electron chi connectivity index (χ0n) is 4.57. The van der Waals surface area contributed by atoms with Gasteiger partial charge in [-0.3, -0.25) is 0 Å². The Morgan fingerprint density at radius 2 is 2.11 bits per heavy atom. The highest BCUT2D eigenvalue weighted by Crippen LogP contribution is 2.15. The third kappa shape index (κ3) is 1.49. The van der Waals surface area contributed by atoms with E-state index < -0.39 is 6.43 Å². The zero-order chi connectivity index (χ0) is 6.69. The lowest BCUT2D eigenvalue weighted by Gasteiger charge is -1.93. The molecule has 0 aromatic heterocycles. The molecule has 0 saturated carbocycles. The summed E-state index contributed by atoms with van der Waals surface area (Å²) in [6.45, 7) is 0. The van der Waals surface area contributed by atoms with E-state index in [0.29, 0.717) is 0 Å². The van der Waals surface area contributed by atoms with E-state index in [0.717, 1.165) is 0 Å². The maximum absolute atomic E-state index is 11.7. The van der Waals surface area contributed by atoms with E-state index in [1.807, 2.05) is 0 Å². The maximum atomic E-state index is 11.7. The molecule has 0 aliphatic rings. The van der Waals surface area contributed by atoms with Gasteiger partial charge >= 0.3 is 0 Å². The molecule has 0 aliphatic heterocycles. The summed E-state index contributed by atoms with van der Waals surface area (Å²) in [5.74, 6) is 0. The summed E-state index contributed by atoms with van der Waals surface area (Å²) in [7, 11) is 0. The monoisotopic (exact) mass is 126 g/mol. The molecule has 0 saturated heterocycles. The number of rotatable bonds is 1. The topological polar surface area (TPSA) is 0 Å². The highest BCUT2D eigenvalue weighted by Gasteiger charge is 2.03.